The molecule has 0 radical (unpaired) electrons. The molecule has 1 aliphatic heterocycles. The smallest absolute Gasteiger partial charge is 0.228 e. The Labute approximate surface area is 129 Å². The van der Waals surface area contributed by atoms with Crippen LogP contribution < -0.4 is 5.32 Å². The summed E-state index contributed by atoms with van der Waals surface area (Å²) in [7, 11) is 2.15. The van der Waals surface area contributed by atoms with Crippen LogP contribution in [-0.2, 0) is 4.79 Å². The van der Waals surface area contributed by atoms with Crippen LogP contribution in [0.2, 0.25) is 5.15 Å². The number of aromatic nitrogens is 2. The lowest BCUT2D eigenvalue weighted by Gasteiger charge is -2.45. The van der Waals surface area contributed by atoms with Crippen LogP contribution in [0.4, 0.5) is 5.82 Å². The van der Waals surface area contributed by atoms with E-state index in [1.165, 1.54) is 6.33 Å². The zero-order valence-corrected chi connectivity index (χ0v) is 12.9. The lowest BCUT2D eigenvalue weighted by molar-refractivity contribution is -0.124. The molecule has 0 bridgehead atoms. The molecule has 3 rings (SSSR count). The Hall–Kier alpha value is -1.24. The molecule has 1 aromatic rings. The topological polar surface area (TPSA) is 61.4 Å². The van der Waals surface area contributed by atoms with Crippen molar-refractivity contribution < 1.29 is 4.79 Å². The number of anilines is 1. The number of carbonyl (C=O) groups excluding carboxylic acids is 1. The molecule has 114 valence electrons. The Morgan fingerprint density at radius 3 is 2.67 bits per heavy atom. The first-order valence-corrected chi connectivity index (χ1v) is 7.70. The van der Waals surface area contributed by atoms with E-state index in [1.807, 2.05) is 0 Å². The third-order valence-electron chi connectivity index (χ3n) is 4.42. The van der Waals surface area contributed by atoms with Gasteiger partial charge in [-0.1, -0.05) is 11.6 Å². The molecular weight excluding hydrogens is 290 g/mol. The molecule has 0 unspecified atom stereocenters. The number of hydrogen-bond donors (Lipinski definition) is 1. The summed E-state index contributed by atoms with van der Waals surface area (Å²) in [5, 5.41) is 3.15. The van der Waals surface area contributed by atoms with Crippen molar-refractivity contribution in [2.75, 3.05) is 38.5 Å². The fourth-order valence-corrected chi connectivity index (χ4v) is 3.06. The second-order valence-electron chi connectivity index (χ2n) is 5.88. The fraction of sp³-hybridized carbons (Fsp3) is 0.643. The first-order valence-electron chi connectivity index (χ1n) is 7.33. The van der Waals surface area contributed by atoms with Crippen molar-refractivity contribution in [1.29, 1.82) is 0 Å². The maximum absolute atomic E-state index is 12.1. The highest BCUT2D eigenvalue weighted by Crippen LogP contribution is 2.33. The Morgan fingerprint density at radius 2 is 2.00 bits per heavy atom. The highest BCUT2D eigenvalue weighted by Gasteiger charge is 2.38. The Bertz CT molecular complexity index is 512. The van der Waals surface area contributed by atoms with Crippen LogP contribution in [0.1, 0.15) is 12.8 Å². The SMILES string of the molecule is CN1CCN(C2CC(C(=O)Nc3cc(Cl)ncn3)C2)CC1. The van der Waals surface area contributed by atoms with Gasteiger partial charge < -0.3 is 10.2 Å². The predicted molar refractivity (Wildman–Crippen MR) is 81.3 cm³/mol. The lowest BCUT2D eigenvalue weighted by Crippen LogP contribution is -2.54. The van der Waals surface area contributed by atoms with Gasteiger partial charge in [0.2, 0.25) is 5.91 Å². The molecule has 1 aromatic heterocycles. The number of carbonyl (C=O) groups is 1. The molecule has 1 saturated carbocycles. The van der Waals surface area contributed by atoms with E-state index in [9.17, 15) is 4.79 Å². The summed E-state index contributed by atoms with van der Waals surface area (Å²) in [4.78, 5) is 24.8. The van der Waals surface area contributed by atoms with Crippen LogP contribution in [0, 0.1) is 5.92 Å². The summed E-state index contributed by atoms with van der Waals surface area (Å²) in [6.07, 6.45) is 3.23. The van der Waals surface area contributed by atoms with Crippen LogP contribution in [0.15, 0.2) is 12.4 Å². The van der Waals surface area contributed by atoms with Gasteiger partial charge in [-0.15, -0.1) is 0 Å². The molecule has 1 saturated heterocycles. The molecule has 7 heteroatoms. The number of piperazine rings is 1. The number of amides is 1. The van der Waals surface area contributed by atoms with Crippen LogP contribution in [-0.4, -0.2) is 64.9 Å². The standard InChI is InChI=1S/C14H20ClN5O/c1-19-2-4-20(5-3-19)11-6-10(7-11)14(21)18-13-8-12(15)16-9-17-13/h8-11H,2-7H2,1H3,(H,16,17,18,21). The molecule has 1 amide bonds. The van der Waals surface area contributed by atoms with Crippen LogP contribution in [0.5, 0.6) is 0 Å². The van der Waals surface area contributed by atoms with Crippen molar-refractivity contribution in [3.8, 4) is 0 Å². The van der Waals surface area contributed by atoms with Gasteiger partial charge in [0.05, 0.1) is 0 Å². The van der Waals surface area contributed by atoms with E-state index in [0.29, 0.717) is 17.0 Å². The van der Waals surface area contributed by atoms with E-state index < -0.39 is 0 Å². The predicted octanol–water partition coefficient (Wildman–Crippen LogP) is 1.09. The van der Waals surface area contributed by atoms with Crippen molar-refractivity contribution in [2.24, 2.45) is 5.92 Å². The molecule has 1 aliphatic carbocycles. The van der Waals surface area contributed by atoms with E-state index >= 15 is 0 Å². The van der Waals surface area contributed by atoms with Crippen molar-refractivity contribution in [3.63, 3.8) is 0 Å². The summed E-state index contributed by atoms with van der Waals surface area (Å²) in [6, 6.07) is 2.12. The van der Waals surface area contributed by atoms with Gasteiger partial charge in [-0.2, -0.15) is 0 Å². The molecule has 21 heavy (non-hydrogen) atoms. The third kappa shape index (κ3) is 3.51. The summed E-state index contributed by atoms with van der Waals surface area (Å²) >= 11 is 5.78. The first-order chi connectivity index (χ1) is 10.1. The highest BCUT2D eigenvalue weighted by atomic mass is 35.5. The summed E-state index contributed by atoms with van der Waals surface area (Å²) in [6.45, 7) is 4.45. The van der Waals surface area contributed by atoms with E-state index in [2.05, 4.69) is 32.1 Å². The zero-order valence-electron chi connectivity index (χ0n) is 12.1. The Kier molecular flexibility index (Phi) is 4.37. The minimum absolute atomic E-state index is 0.0372. The Morgan fingerprint density at radius 1 is 1.29 bits per heavy atom. The zero-order chi connectivity index (χ0) is 14.8. The van der Waals surface area contributed by atoms with E-state index in [4.69, 9.17) is 11.6 Å². The average molecular weight is 310 g/mol. The van der Waals surface area contributed by atoms with Gasteiger partial charge in [-0.3, -0.25) is 9.69 Å². The highest BCUT2D eigenvalue weighted by molar-refractivity contribution is 6.29. The van der Waals surface area contributed by atoms with E-state index in [0.717, 1.165) is 39.0 Å². The van der Waals surface area contributed by atoms with Gasteiger partial charge in [-0.05, 0) is 19.9 Å². The van der Waals surface area contributed by atoms with E-state index in [1.54, 1.807) is 6.07 Å². The number of nitrogens with zero attached hydrogens (tertiary/aromatic N) is 4. The lowest BCUT2D eigenvalue weighted by atomic mass is 9.78. The second kappa shape index (κ2) is 6.25. The van der Waals surface area contributed by atoms with E-state index in [-0.39, 0.29) is 11.8 Å². The minimum atomic E-state index is 0.0372. The van der Waals surface area contributed by atoms with Crippen LogP contribution in [0.25, 0.3) is 0 Å². The van der Waals surface area contributed by atoms with Crippen LogP contribution in [0.3, 0.4) is 0 Å². The molecule has 0 atom stereocenters. The summed E-state index contributed by atoms with van der Waals surface area (Å²) in [5.74, 6) is 0.599. The molecule has 2 aliphatic rings. The molecule has 2 fully saturated rings. The molecule has 0 spiro atoms. The normalized spacial score (nSPS) is 27.1. The van der Waals surface area contributed by atoms with Crippen LogP contribution >= 0.6 is 11.6 Å². The Balaban J connectivity index is 1.46. The monoisotopic (exact) mass is 309 g/mol. The first kappa shape index (κ1) is 14.7. The maximum Gasteiger partial charge on any atom is 0.228 e. The van der Waals surface area contributed by atoms with Gasteiger partial charge in [0.25, 0.3) is 0 Å². The van der Waals surface area contributed by atoms with Gasteiger partial charge in [0.15, 0.2) is 0 Å². The maximum atomic E-state index is 12.1. The quantitative estimate of drug-likeness (QED) is 0.847. The molecule has 2 heterocycles. The number of nitrogens with one attached hydrogen (secondary N) is 1. The van der Waals surface area contributed by atoms with Crippen molar-refractivity contribution >= 4 is 23.3 Å². The molecule has 0 aromatic carbocycles. The number of hydrogen-bond acceptors (Lipinski definition) is 5. The third-order valence-corrected chi connectivity index (χ3v) is 4.63. The number of likely N-dealkylation sites (N-methyl/N-ethyl adjacent to an activating group) is 1. The molecule has 6 nitrogen and oxygen atoms in total. The fourth-order valence-electron chi connectivity index (χ4n) is 2.92. The van der Waals surface area contributed by atoms with Crippen molar-refractivity contribution in [2.45, 2.75) is 18.9 Å². The summed E-state index contributed by atoms with van der Waals surface area (Å²) < 4.78 is 0. The minimum Gasteiger partial charge on any atom is -0.310 e. The average Bonchev–Trinajstić information content (AvgIpc) is 2.39. The van der Waals surface area contributed by atoms with Gasteiger partial charge in [0.1, 0.15) is 17.3 Å². The summed E-state index contributed by atoms with van der Waals surface area (Å²) in [5.41, 5.74) is 0. The number of halogens is 1. The largest absolute Gasteiger partial charge is 0.310 e. The molecular formula is C14H20ClN5O. The van der Waals surface area contributed by atoms with Gasteiger partial charge in [0, 0.05) is 44.2 Å². The van der Waals surface area contributed by atoms with Crippen molar-refractivity contribution in [1.82, 2.24) is 19.8 Å². The van der Waals surface area contributed by atoms with Crippen molar-refractivity contribution in [3.05, 3.63) is 17.5 Å². The second-order valence-corrected chi connectivity index (χ2v) is 6.26. The number of rotatable bonds is 3. The van der Waals surface area contributed by atoms with Gasteiger partial charge >= 0.3 is 0 Å². The molecule has 1 N–H and O–H groups in total. The van der Waals surface area contributed by atoms with Gasteiger partial charge in [-0.25, -0.2) is 9.97 Å².